The van der Waals surface area contributed by atoms with Crippen molar-refractivity contribution >= 4 is 34.3 Å². The second-order valence-electron chi connectivity index (χ2n) is 4.90. The van der Waals surface area contributed by atoms with Gasteiger partial charge < -0.3 is 11.1 Å². The number of anilines is 2. The first-order valence-electron chi connectivity index (χ1n) is 6.51. The average molecular weight is 303 g/mol. The van der Waals surface area contributed by atoms with E-state index in [1.807, 2.05) is 6.07 Å². The standard InChI is InChI=1S/C14H13N3O3S/c15-10-5-4-9(7-11(10)17(19)20)16-14(18)13-6-8-2-1-3-12(8)21-13/h4-7H,1-3,15H2,(H,16,18). The van der Waals surface area contributed by atoms with Crippen LogP contribution in [0.15, 0.2) is 24.3 Å². The van der Waals surface area contributed by atoms with Crippen LogP contribution in [-0.2, 0) is 12.8 Å². The molecule has 1 amide bonds. The van der Waals surface area contributed by atoms with Crippen LogP contribution in [0.3, 0.4) is 0 Å². The van der Waals surface area contributed by atoms with Gasteiger partial charge >= 0.3 is 0 Å². The number of rotatable bonds is 3. The number of hydrogen-bond acceptors (Lipinski definition) is 5. The Morgan fingerprint density at radius 3 is 2.86 bits per heavy atom. The van der Waals surface area contributed by atoms with E-state index in [0.717, 1.165) is 19.3 Å². The molecule has 0 aliphatic heterocycles. The molecule has 6 nitrogen and oxygen atoms in total. The molecule has 0 unspecified atom stereocenters. The molecule has 1 aromatic carbocycles. The van der Waals surface area contributed by atoms with Gasteiger partial charge in [0.15, 0.2) is 0 Å². The Morgan fingerprint density at radius 1 is 1.33 bits per heavy atom. The highest BCUT2D eigenvalue weighted by atomic mass is 32.1. The third-order valence-electron chi connectivity index (χ3n) is 3.46. The van der Waals surface area contributed by atoms with Crippen LogP contribution in [0, 0.1) is 10.1 Å². The molecule has 0 atom stereocenters. The van der Waals surface area contributed by atoms with Gasteiger partial charge in [-0.1, -0.05) is 0 Å². The Bertz CT molecular complexity index is 718. The minimum Gasteiger partial charge on any atom is -0.393 e. The Labute approximate surface area is 124 Å². The van der Waals surface area contributed by atoms with Crippen molar-refractivity contribution in [3.63, 3.8) is 0 Å². The van der Waals surface area contributed by atoms with Crippen LogP contribution in [0.4, 0.5) is 17.1 Å². The van der Waals surface area contributed by atoms with Crippen molar-refractivity contribution in [2.24, 2.45) is 0 Å². The lowest BCUT2D eigenvalue weighted by Gasteiger charge is -2.04. The maximum Gasteiger partial charge on any atom is 0.294 e. The minimum atomic E-state index is -0.565. The van der Waals surface area contributed by atoms with Crippen molar-refractivity contribution < 1.29 is 9.72 Å². The number of aryl methyl sites for hydroxylation is 2. The zero-order valence-electron chi connectivity index (χ0n) is 11.1. The number of carbonyl (C=O) groups excluding carboxylic acids is 1. The number of carbonyl (C=O) groups is 1. The zero-order valence-corrected chi connectivity index (χ0v) is 11.9. The topological polar surface area (TPSA) is 98.3 Å². The van der Waals surface area contributed by atoms with E-state index in [0.29, 0.717) is 10.6 Å². The van der Waals surface area contributed by atoms with Crippen molar-refractivity contribution in [1.82, 2.24) is 0 Å². The summed E-state index contributed by atoms with van der Waals surface area (Å²) in [6.45, 7) is 0. The number of nitrogen functional groups attached to an aromatic ring is 1. The summed E-state index contributed by atoms with van der Waals surface area (Å²) in [6.07, 6.45) is 3.19. The van der Waals surface area contributed by atoms with E-state index < -0.39 is 4.92 Å². The van der Waals surface area contributed by atoms with Crippen LogP contribution < -0.4 is 11.1 Å². The van der Waals surface area contributed by atoms with Crippen LogP contribution in [-0.4, -0.2) is 10.8 Å². The molecule has 1 aliphatic carbocycles. The van der Waals surface area contributed by atoms with Crippen molar-refractivity contribution in [1.29, 1.82) is 0 Å². The van der Waals surface area contributed by atoms with E-state index in [1.165, 1.54) is 33.9 Å². The molecule has 0 bridgehead atoms. The van der Waals surface area contributed by atoms with Gasteiger partial charge in [-0.3, -0.25) is 14.9 Å². The van der Waals surface area contributed by atoms with Gasteiger partial charge in [-0.05, 0) is 43.0 Å². The Kier molecular flexibility index (Phi) is 3.34. The normalized spacial score (nSPS) is 13.0. The fourth-order valence-corrected chi connectivity index (χ4v) is 3.56. The quantitative estimate of drug-likeness (QED) is 0.517. The number of fused-ring (bicyclic) bond motifs is 1. The molecule has 1 heterocycles. The number of thiophene rings is 1. The zero-order chi connectivity index (χ0) is 15.0. The van der Waals surface area contributed by atoms with Gasteiger partial charge in [0.1, 0.15) is 5.69 Å². The van der Waals surface area contributed by atoms with E-state index in [1.54, 1.807) is 6.07 Å². The summed E-state index contributed by atoms with van der Waals surface area (Å²) in [4.78, 5) is 24.4. The van der Waals surface area contributed by atoms with Gasteiger partial charge in [-0.15, -0.1) is 11.3 Å². The lowest BCUT2D eigenvalue weighted by Crippen LogP contribution is -2.10. The largest absolute Gasteiger partial charge is 0.393 e. The van der Waals surface area contributed by atoms with Crippen molar-refractivity contribution in [2.75, 3.05) is 11.1 Å². The SMILES string of the molecule is Nc1ccc(NC(=O)c2cc3c(s2)CCC3)cc1[N+](=O)[O-]. The first-order chi connectivity index (χ1) is 10.0. The molecule has 0 radical (unpaired) electrons. The molecular formula is C14H13N3O3S. The van der Waals surface area contributed by atoms with Crippen LogP contribution in [0.25, 0.3) is 0 Å². The van der Waals surface area contributed by atoms with Crippen LogP contribution >= 0.6 is 11.3 Å². The highest BCUT2D eigenvalue weighted by Gasteiger charge is 2.19. The Balaban J connectivity index is 1.81. The Hall–Kier alpha value is -2.41. The second-order valence-corrected chi connectivity index (χ2v) is 6.03. The average Bonchev–Trinajstić information content (AvgIpc) is 3.01. The van der Waals surface area contributed by atoms with Gasteiger partial charge in [0.2, 0.25) is 0 Å². The first kappa shape index (κ1) is 13.6. The van der Waals surface area contributed by atoms with Gasteiger partial charge in [-0.25, -0.2) is 0 Å². The smallest absolute Gasteiger partial charge is 0.294 e. The molecular weight excluding hydrogens is 290 g/mol. The maximum atomic E-state index is 12.2. The fraction of sp³-hybridized carbons (Fsp3) is 0.214. The number of hydrogen-bond donors (Lipinski definition) is 2. The summed E-state index contributed by atoms with van der Waals surface area (Å²) < 4.78 is 0. The van der Waals surface area contributed by atoms with E-state index in [4.69, 9.17) is 5.73 Å². The van der Waals surface area contributed by atoms with Gasteiger partial charge in [0.25, 0.3) is 11.6 Å². The fourth-order valence-electron chi connectivity index (χ4n) is 2.41. The minimum absolute atomic E-state index is 0.0769. The summed E-state index contributed by atoms with van der Waals surface area (Å²) in [5.41, 5.74) is 7.01. The molecule has 2 aromatic rings. The summed E-state index contributed by atoms with van der Waals surface area (Å²) in [5, 5.41) is 13.5. The molecule has 0 saturated heterocycles. The summed E-state index contributed by atoms with van der Waals surface area (Å²) in [7, 11) is 0. The van der Waals surface area contributed by atoms with Crippen molar-refractivity contribution in [3.05, 3.63) is 49.7 Å². The predicted molar refractivity (Wildman–Crippen MR) is 81.8 cm³/mol. The van der Waals surface area contributed by atoms with Crippen LogP contribution in [0.2, 0.25) is 0 Å². The maximum absolute atomic E-state index is 12.2. The number of nitro benzene ring substituents is 1. The molecule has 7 heteroatoms. The highest BCUT2D eigenvalue weighted by Crippen LogP contribution is 2.31. The molecule has 1 aliphatic rings. The second kappa shape index (κ2) is 5.17. The molecule has 0 saturated carbocycles. The van der Waals surface area contributed by atoms with Gasteiger partial charge in [0.05, 0.1) is 9.80 Å². The number of nitrogens with two attached hydrogens (primary N) is 1. The lowest BCUT2D eigenvalue weighted by atomic mass is 10.2. The van der Waals surface area contributed by atoms with Gasteiger partial charge in [0, 0.05) is 16.6 Å². The third kappa shape index (κ3) is 2.59. The van der Waals surface area contributed by atoms with Crippen LogP contribution in [0.1, 0.15) is 26.5 Å². The number of nitro groups is 1. The molecule has 0 fully saturated rings. The molecule has 21 heavy (non-hydrogen) atoms. The number of benzene rings is 1. The molecule has 108 valence electrons. The monoisotopic (exact) mass is 303 g/mol. The van der Waals surface area contributed by atoms with E-state index >= 15 is 0 Å². The van der Waals surface area contributed by atoms with E-state index in [-0.39, 0.29) is 17.3 Å². The summed E-state index contributed by atoms with van der Waals surface area (Å²) in [6, 6.07) is 6.16. The van der Waals surface area contributed by atoms with Crippen molar-refractivity contribution in [3.8, 4) is 0 Å². The van der Waals surface area contributed by atoms with E-state index in [2.05, 4.69) is 5.32 Å². The summed E-state index contributed by atoms with van der Waals surface area (Å²) in [5.74, 6) is -0.242. The first-order valence-corrected chi connectivity index (χ1v) is 7.33. The number of nitrogens with zero attached hydrogens (tertiary/aromatic N) is 1. The molecule has 0 spiro atoms. The lowest BCUT2D eigenvalue weighted by molar-refractivity contribution is -0.383. The molecule has 3 rings (SSSR count). The van der Waals surface area contributed by atoms with Crippen molar-refractivity contribution in [2.45, 2.75) is 19.3 Å². The molecule has 3 N–H and O–H groups in total. The number of nitrogens with one attached hydrogen (secondary N) is 1. The third-order valence-corrected chi connectivity index (χ3v) is 4.69. The molecule has 1 aromatic heterocycles. The summed E-state index contributed by atoms with van der Waals surface area (Å²) >= 11 is 1.49. The Morgan fingerprint density at radius 2 is 2.14 bits per heavy atom. The predicted octanol–water partition coefficient (Wildman–Crippen LogP) is 2.98. The van der Waals surface area contributed by atoms with E-state index in [9.17, 15) is 14.9 Å². The number of amides is 1. The highest BCUT2D eigenvalue weighted by molar-refractivity contribution is 7.14. The van der Waals surface area contributed by atoms with Crippen LogP contribution in [0.5, 0.6) is 0 Å². The van der Waals surface area contributed by atoms with Gasteiger partial charge in [-0.2, -0.15) is 0 Å².